The van der Waals surface area contributed by atoms with Crippen LogP contribution in [0.1, 0.15) is 36.5 Å². The average molecular weight is 300 g/mol. The zero-order valence-electron chi connectivity index (χ0n) is 9.50. The molecule has 17 heavy (non-hydrogen) atoms. The normalized spacial score (nSPS) is 10.0. The summed E-state index contributed by atoms with van der Waals surface area (Å²) in [6.07, 6.45) is 2.12. The topological polar surface area (TPSA) is 66.4 Å². The molecule has 1 amide bonds. The van der Waals surface area contributed by atoms with E-state index in [1.807, 2.05) is 6.92 Å². The number of carboxylic acid groups (broad SMARTS) is 1. The molecule has 0 spiro atoms. The first-order valence-corrected chi connectivity index (χ1v) is 6.17. The van der Waals surface area contributed by atoms with Crippen LogP contribution < -0.4 is 5.32 Å². The Morgan fingerprint density at radius 2 is 2.12 bits per heavy atom. The number of carbonyl (C=O) groups excluding carboxylic acids is 1. The minimum absolute atomic E-state index is 0.0872. The third-order valence-electron chi connectivity index (χ3n) is 2.27. The molecule has 1 aromatic rings. The summed E-state index contributed by atoms with van der Waals surface area (Å²) < 4.78 is 0.572. The lowest BCUT2D eigenvalue weighted by Crippen LogP contribution is -2.14. The summed E-state index contributed by atoms with van der Waals surface area (Å²) in [7, 11) is 0. The van der Waals surface area contributed by atoms with Crippen LogP contribution in [0.2, 0.25) is 0 Å². The zero-order valence-corrected chi connectivity index (χ0v) is 11.1. The number of halogens is 1. The first-order valence-electron chi connectivity index (χ1n) is 5.38. The van der Waals surface area contributed by atoms with Gasteiger partial charge in [0, 0.05) is 10.9 Å². The number of para-hydroxylation sites is 1. The summed E-state index contributed by atoms with van der Waals surface area (Å²) in [5.41, 5.74) is 0.408. The fourth-order valence-electron chi connectivity index (χ4n) is 1.37. The Kier molecular flexibility index (Phi) is 5.15. The molecule has 4 nitrogen and oxygen atoms in total. The van der Waals surface area contributed by atoms with Crippen LogP contribution in [0.5, 0.6) is 0 Å². The molecular formula is C12H14BrNO3. The second kappa shape index (κ2) is 6.39. The van der Waals surface area contributed by atoms with Gasteiger partial charge in [0.25, 0.3) is 0 Å². The number of hydrogen-bond donors (Lipinski definition) is 2. The molecule has 0 aromatic heterocycles. The molecule has 0 bridgehead atoms. The number of nitrogens with one attached hydrogen (secondary N) is 1. The van der Waals surface area contributed by atoms with Gasteiger partial charge in [-0.05, 0) is 34.5 Å². The standard InChI is InChI=1S/C12H14BrNO3/c1-2-3-7-10(15)14-11-8(12(16)17)5-4-6-9(11)13/h4-6H,2-3,7H2,1H3,(H,14,15)(H,16,17). The van der Waals surface area contributed by atoms with E-state index in [9.17, 15) is 9.59 Å². The molecule has 1 rings (SSSR count). The SMILES string of the molecule is CCCCC(=O)Nc1c(Br)cccc1C(=O)O. The molecule has 2 N–H and O–H groups in total. The first kappa shape index (κ1) is 13.7. The lowest BCUT2D eigenvalue weighted by Gasteiger charge is -2.10. The average Bonchev–Trinajstić information content (AvgIpc) is 2.28. The minimum atomic E-state index is -1.06. The van der Waals surface area contributed by atoms with Crippen molar-refractivity contribution in [3.05, 3.63) is 28.2 Å². The lowest BCUT2D eigenvalue weighted by atomic mass is 10.1. The van der Waals surface area contributed by atoms with Crippen LogP contribution in [0.25, 0.3) is 0 Å². The van der Waals surface area contributed by atoms with Gasteiger partial charge in [-0.3, -0.25) is 4.79 Å². The second-order valence-electron chi connectivity index (χ2n) is 3.62. The fourth-order valence-corrected chi connectivity index (χ4v) is 1.83. The summed E-state index contributed by atoms with van der Waals surface area (Å²) in [5.74, 6) is -1.22. The van der Waals surface area contributed by atoms with E-state index in [0.717, 1.165) is 12.8 Å². The summed E-state index contributed by atoms with van der Waals surface area (Å²) in [6, 6.07) is 4.78. The third-order valence-corrected chi connectivity index (χ3v) is 2.93. The van der Waals surface area contributed by atoms with E-state index in [1.165, 1.54) is 6.07 Å². The maximum absolute atomic E-state index is 11.6. The van der Waals surface area contributed by atoms with E-state index >= 15 is 0 Å². The summed E-state index contributed by atoms with van der Waals surface area (Å²) >= 11 is 3.23. The van der Waals surface area contributed by atoms with Gasteiger partial charge >= 0.3 is 5.97 Å². The van der Waals surface area contributed by atoms with Gasteiger partial charge in [0.15, 0.2) is 0 Å². The molecule has 0 aliphatic rings. The highest BCUT2D eigenvalue weighted by atomic mass is 79.9. The van der Waals surface area contributed by atoms with E-state index in [-0.39, 0.29) is 11.5 Å². The van der Waals surface area contributed by atoms with Crippen LogP contribution in [0.4, 0.5) is 5.69 Å². The number of amides is 1. The van der Waals surface area contributed by atoms with E-state index in [1.54, 1.807) is 12.1 Å². The van der Waals surface area contributed by atoms with Gasteiger partial charge in [0.2, 0.25) is 5.91 Å². The van der Waals surface area contributed by atoms with Gasteiger partial charge in [-0.15, -0.1) is 0 Å². The molecule has 0 radical (unpaired) electrons. The van der Waals surface area contributed by atoms with Gasteiger partial charge in [-0.1, -0.05) is 19.4 Å². The monoisotopic (exact) mass is 299 g/mol. The number of carboxylic acids is 1. The smallest absolute Gasteiger partial charge is 0.337 e. The van der Waals surface area contributed by atoms with Crippen molar-refractivity contribution >= 4 is 33.5 Å². The van der Waals surface area contributed by atoms with Gasteiger partial charge < -0.3 is 10.4 Å². The lowest BCUT2D eigenvalue weighted by molar-refractivity contribution is -0.116. The van der Waals surface area contributed by atoms with Crippen molar-refractivity contribution in [1.82, 2.24) is 0 Å². The number of carbonyl (C=O) groups is 2. The quantitative estimate of drug-likeness (QED) is 0.877. The highest BCUT2D eigenvalue weighted by molar-refractivity contribution is 9.10. The maximum atomic E-state index is 11.6. The molecule has 0 fully saturated rings. The van der Waals surface area contributed by atoms with Crippen LogP contribution in [0.3, 0.4) is 0 Å². The first-order chi connectivity index (χ1) is 8.06. The van der Waals surface area contributed by atoms with Crippen LogP contribution in [0, 0.1) is 0 Å². The van der Waals surface area contributed by atoms with Crippen molar-refractivity contribution in [1.29, 1.82) is 0 Å². The highest BCUT2D eigenvalue weighted by Crippen LogP contribution is 2.26. The van der Waals surface area contributed by atoms with Gasteiger partial charge in [-0.25, -0.2) is 4.79 Å². The van der Waals surface area contributed by atoms with Crippen LogP contribution in [-0.4, -0.2) is 17.0 Å². The minimum Gasteiger partial charge on any atom is -0.478 e. The Bertz CT molecular complexity index is 432. The van der Waals surface area contributed by atoms with Crippen LogP contribution >= 0.6 is 15.9 Å². The Labute approximate surface area is 108 Å². The number of unbranched alkanes of at least 4 members (excludes halogenated alkanes) is 1. The fraction of sp³-hybridized carbons (Fsp3) is 0.333. The zero-order chi connectivity index (χ0) is 12.8. The van der Waals surface area contributed by atoms with Crippen molar-refractivity contribution < 1.29 is 14.7 Å². The second-order valence-corrected chi connectivity index (χ2v) is 4.47. The van der Waals surface area contributed by atoms with E-state index < -0.39 is 5.97 Å². The Morgan fingerprint density at radius 3 is 2.71 bits per heavy atom. The Morgan fingerprint density at radius 1 is 1.41 bits per heavy atom. The number of hydrogen-bond acceptors (Lipinski definition) is 2. The molecule has 0 aliphatic heterocycles. The number of aromatic carboxylic acids is 1. The van der Waals surface area contributed by atoms with Gasteiger partial charge in [0.05, 0.1) is 11.3 Å². The molecule has 92 valence electrons. The van der Waals surface area contributed by atoms with Crippen molar-refractivity contribution in [3.63, 3.8) is 0 Å². The summed E-state index contributed by atoms with van der Waals surface area (Å²) in [4.78, 5) is 22.6. The maximum Gasteiger partial charge on any atom is 0.337 e. The van der Waals surface area contributed by atoms with Gasteiger partial charge in [-0.2, -0.15) is 0 Å². The Hall–Kier alpha value is -1.36. The van der Waals surface area contributed by atoms with Crippen LogP contribution in [-0.2, 0) is 4.79 Å². The molecule has 0 saturated carbocycles. The van der Waals surface area contributed by atoms with Crippen molar-refractivity contribution in [2.24, 2.45) is 0 Å². The van der Waals surface area contributed by atoms with Crippen molar-refractivity contribution in [2.75, 3.05) is 5.32 Å². The number of benzene rings is 1. The molecule has 5 heteroatoms. The predicted octanol–water partition coefficient (Wildman–Crippen LogP) is 3.28. The van der Waals surface area contributed by atoms with Gasteiger partial charge in [0.1, 0.15) is 0 Å². The molecule has 0 heterocycles. The molecule has 0 unspecified atom stereocenters. The largest absolute Gasteiger partial charge is 0.478 e. The third kappa shape index (κ3) is 3.85. The molecule has 0 atom stereocenters. The van der Waals surface area contributed by atoms with Crippen molar-refractivity contribution in [3.8, 4) is 0 Å². The van der Waals surface area contributed by atoms with Crippen LogP contribution in [0.15, 0.2) is 22.7 Å². The molecule has 0 saturated heterocycles. The number of anilines is 1. The molecule has 0 aliphatic carbocycles. The Balaban J connectivity index is 2.89. The van der Waals surface area contributed by atoms with E-state index in [4.69, 9.17) is 5.11 Å². The summed E-state index contributed by atoms with van der Waals surface area (Å²) in [5, 5.41) is 11.6. The highest BCUT2D eigenvalue weighted by Gasteiger charge is 2.14. The van der Waals surface area contributed by atoms with Crippen molar-refractivity contribution in [2.45, 2.75) is 26.2 Å². The molecular weight excluding hydrogens is 286 g/mol. The predicted molar refractivity (Wildman–Crippen MR) is 69.3 cm³/mol. The number of rotatable bonds is 5. The van der Waals surface area contributed by atoms with E-state index in [0.29, 0.717) is 16.6 Å². The molecule has 1 aromatic carbocycles. The summed E-state index contributed by atoms with van der Waals surface area (Å²) in [6.45, 7) is 1.99. The van der Waals surface area contributed by atoms with E-state index in [2.05, 4.69) is 21.2 Å².